The minimum Gasteiger partial charge on any atom is -0.357 e. The molecule has 1 unspecified atom stereocenters. The lowest BCUT2D eigenvalue weighted by atomic mass is 10.2. The number of hydrogen-bond acceptors (Lipinski definition) is 4. The fourth-order valence-corrected chi connectivity index (χ4v) is 2.80. The molecular weight excluding hydrogens is 299 g/mol. The van der Waals surface area contributed by atoms with Crippen molar-refractivity contribution in [1.82, 2.24) is 9.78 Å². The van der Waals surface area contributed by atoms with Crippen LogP contribution in [0.3, 0.4) is 0 Å². The first-order valence-corrected chi connectivity index (χ1v) is 7.44. The summed E-state index contributed by atoms with van der Waals surface area (Å²) in [5.74, 6) is 0.747. The molecular formula is C13H16Cl2N4O. The molecule has 3 heterocycles. The number of anilines is 1. The Bertz CT molecular complexity index is 561. The van der Waals surface area contributed by atoms with Crippen molar-refractivity contribution in [3.8, 4) is 0 Å². The maximum atomic E-state index is 6.12. The molecule has 2 aliphatic heterocycles. The number of amidine groups is 1. The maximum Gasteiger partial charge on any atom is 0.204 e. The van der Waals surface area contributed by atoms with Gasteiger partial charge in [-0.05, 0) is 37.8 Å². The average Bonchev–Trinajstić information content (AvgIpc) is 2.84. The number of hydrogen-bond donors (Lipinski definition) is 0. The van der Waals surface area contributed by atoms with E-state index in [1.165, 1.54) is 6.42 Å². The van der Waals surface area contributed by atoms with Gasteiger partial charge in [-0.15, -0.1) is 0 Å². The number of rotatable bonds is 2. The average molecular weight is 315 g/mol. The number of ether oxygens (including phenoxy) is 1. The van der Waals surface area contributed by atoms with Crippen molar-refractivity contribution in [3.05, 3.63) is 23.0 Å². The lowest BCUT2D eigenvalue weighted by Gasteiger charge is -2.24. The molecule has 0 spiro atoms. The van der Waals surface area contributed by atoms with Crippen LogP contribution >= 0.6 is 23.2 Å². The second kappa shape index (κ2) is 5.76. The summed E-state index contributed by atoms with van der Waals surface area (Å²) in [7, 11) is 0. The van der Waals surface area contributed by atoms with Crippen LogP contribution in [0.2, 0.25) is 0 Å². The summed E-state index contributed by atoms with van der Waals surface area (Å²) in [5.41, 5.74) is 1.04. The van der Waals surface area contributed by atoms with Gasteiger partial charge in [0.15, 0.2) is 12.0 Å². The lowest BCUT2D eigenvalue weighted by molar-refractivity contribution is -0.0405. The molecule has 0 radical (unpaired) electrons. The Morgan fingerprint density at radius 2 is 2.20 bits per heavy atom. The normalized spacial score (nSPS) is 23.6. The smallest absolute Gasteiger partial charge is 0.204 e. The van der Waals surface area contributed by atoms with Gasteiger partial charge in [0.05, 0.1) is 11.6 Å². The SMILES string of the molecule is Cc1cc(N2CC(Cl)=CN=C2Cl)nn1C1CCCCO1. The summed E-state index contributed by atoms with van der Waals surface area (Å²) in [6.45, 7) is 3.30. The van der Waals surface area contributed by atoms with Crippen molar-refractivity contribution in [2.24, 2.45) is 4.99 Å². The topological polar surface area (TPSA) is 42.7 Å². The summed E-state index contributed by atoms with van der Waals surface area (Å²) in [4.78, 5) is 5.84. The molecule has 5 nitrogen and oxygen atoms in total. The summed E-state index contributed by atoms with van der Waals surface area (Å²) >= 11 is 12.1. The molecule has 1 fully saturated rings. The van der Waals surface area contributed by atoms with Gasteiger partial charge < -0.3 is 4.74 Å². The van der Waals surface area contributed by atoms with Gasteiger partial charge in [-0.25, -0.2) is 9.67 Å². The van der Waals surface area contributed by atoms with E-state index in [0.717, 1.165) is 31.0 Å². The van der Waals surface area contributed by atoms with E-state index < -0.39 is 0 Å². The molecule has 3 rings (SSSR count). The molecule has 0 aliphatic carbocycles. The van der Waals surface area contributed by atoms with Crippen molar-refractivity contribution < 1.29 is 4.74 Å². The van der Waals surface area contributed by atoms with Gasteiger partial charge in [0.25, 0.3) is 0 Å². The maximum absolute atomic E-state index is 6.12. The number of aliphatic imine (C=N–C) groups is 1. The third kappa shape index (κ3) is 2.71. The first-order valence-electron chi connectivity index (χ1n) is 6.68. The zero-order chi connectivity index (χ0) is 14.1. The first kappa shape index (κ1) is 13.9. The highest BCUT2D eigenvalue weighted by Gasteiger charge is 2.23. The van der Waals surface area contributed by atoms with Gasteiger partial charge in [0.1, 0.15) is 0 Å². The summed E-state index contributed by atoms with van der Waals surface area (Å²) in [6, 6.07) is 1.98. The van der Waals surface area contributed by atoms with Crippen LogP contribution in [0, 0.1) is 6.92 Å². The highest BCUT2D eigenvalue weighted by molar-refractivity contribution is 6.68. The second-order valence-corrected chi connectivity index (χ2v) is 5.79. The summed E-state index contributed by atoms with van der Waals surface area (Å²) in [5, 5.41) is 5.62. The first-order chi connectivity index (χ1) is 9.65. The van der Waals surface area contributed by atoms with Crippen LogP contribution in [0.5, 0.6) is 0 Å². The standard InChI is InChI=1S/C13H16Cl2N4O/c1-9-6-11(18-8-10(14)7-16-13(18)15)17-19(9)12-4-2-3-5-20-12/h6-7,12H,2-5,8H2,1H3. The van der Waals surface area contributed by atoms with Crippen LogP contribution in [0.25, 0.3) is 0 Å². The third-order valence-electron chi connectivity index (χ3n) is 3.46. The van der Waals surface area contributed by atoms with E-state index in [9.17, 15) is 0 Å². The predicted molar refractivity (Wildman–Crippen MR) is 80.4 cm³/mol. The van der Waals surface area contributed by atoms with Crippen LogP contribution in [0.1, 0.15) is 31.2 Å². The molecule has 108 valence electrons. The van der Waals surface area contributed by atoms with Crippen LogP contribution in [-0.4, -0.2) is 28.2 Å². The molecule has 1 aromatic heterocycles. The fraction of sp³-hybridized carbons (Fsp3) is 0.538. The van der Waals surface area contributed by atoms with E-state index in [1.54, 1.807) is 11.1 Å². The van der Waals surface area contributed by atoms with Crippen molar-refractivity contribution >= 4 is 34.3 Å². The Kier molecular flexibility index (Phi) is 4.01. The molecule has 0 aromatic carbocycles. The monoisotopic (exact) mass is 314 g/mol. The molecule has 7 heteroatoms. The lowest BCUT2D eigenvalue weighted by Crippen LogP contribution is -2.31. The molecule has 2 aliphatic rings. The Morgan fingerprint density at radius 3 is 2.95 bits per heavy atom. The van der Waals surface area contributed by atoms with Gasteiger partial charge >= 0.3 is 0 Å². The second-order valence-electron chi connectivity index (χ2n) is 4.97. The summed E-state index contributed by atoms with van der Waals surface area (Å²) < 4.78 is 7.70. The molecule has 20 heavy (non-hydrogen) atoms. The molecule has 1 aromatic rings. The molecule has 0 bridgehead atoms. The van der Waals surface area contributed by atoms with Crippen molar-refractivity contribution in [2.45, 2.75) is 32.4 Å². The Labute approximate surface area is 127 Å². The van der Waals surface area contributed by atoms with Gasteiger partial charge in [-0.1, -0.05) is 11.6 Å². The van der Waals surface area contributed by atoms with Gasteiger partial charge in [0, 0.05) is 24.6 Å². The molecule has 1 atom stereocenters. The van der Waals surface area contributed by atoms with Crippen molar-refractivity contribution in [3.63, 3.8) is 0 Å². The fourth-order valence-electron chi connectivity index (χ4n) is 2.44. The van der Waals surface area contributed by atoms with E-state index >= 15 is 0 Å². The zero-order valence-electron chi connectivity index (χ0n) is 11.2. The highest BCUT2D eigenvalue weighted by atomic mass is 35.5. The Morgan fingerprint density at radius 1 is 1.35 bits per heavy atom. The van der Waals surface area contributed by atoms with E-state index in [1.807, 2.05) is 17.7 Å². The number of halogens is 2. The Hall–Kier alpha value is -1.04. The molecule has 0 N–H and O–H groups in total. The van der Waals surface area contributed by atoms with Crippen LogP contribution in [0.4, 0.5) is 5.82 Å². The van der Waals surface area contributed by atoms with Gasteiger partial charge in [-0.3, -0.25) is 4.90 Å². The van der Waals surface area contributed by atoms with Crippen LogP contribution < -0.4 is 4.90 Å². The number of nitrogens with zero attached hydrogens (tertiary/aromatic N) is 4. The zero-order valence-corrected chi connectivity index (χ0v) is 12.7. The van der Waals surface area contributed by atoms with Gasteiger partial charge in [0.2, 0.25) is 5.29 Å². The van der Waals surface area contributed by atoms with Gasteiger partial charge in [-0.2, -0.15) is 5.10 Å². The summed E-state index contributed by atoms with van der Waals surface area (Å²) in [6.07, 6.45) is 4.86. The molecule has 0 saturated carbocycles. The minimum absolute atomic E-state index is 0.0176. The minimum atomic E-state index is 0.0176. The third-order valence-corrected chi connectivity index (χ3v) is 3.98. The number of aryl methyl sites for hydroxylation is 1. The van der Waals surface area contributed by atoms with E-state index in [0.29, 0.717) is 16.9 Å². The van der Waals surface area contributed by atoms with Crippen molar-refractivity contribution in [2.75, 3.05) is 18.1 Å². The molecule has 0 amide bonds. The predicted octanol–water partition coefficient (Wildman–Crippen LogP) is 3.39. The van der Waals surface area contributed by atoms with E-state index in [-0.39, 0.29) is 6.23 Å². The van der Waals surface area contributed by atoms with Crippen molar-refractivity contribution in [1.29, 1.82) is 0 Å². The van der Waals surface area contributed by atoms with E-state index in [4.69, 9.17) is 27.9 Å². The largest absolute Gasteiger partial charge is 0.357 e. The molecule has 1 saturated heterocycles. The van der Waals surface area contributed by atoms with Crippen LogP contribution in [-0.2, 0) is 4.74 Å². The van der Waals surface area contributed by atoms with E-state index in [2.05, 4.69) is 10.1 Å². The van der Waals surface area contributed by atoms with Crippen LogP contribution in [0.15, 0.2) is 22.3 Å². The number of aromatic nitrogens is 2. The quantitative estimate of drug-likeness (QED) is 0.786. The highest BCUT2D eigenvalue weighted by Crippen LogP contribution is 2.27. The Balaban J connectivity index is 1.85.